The largest absolute Gasteiger partial charge is 0.369 e. The lowest BCUT2D eigenvalue weighted by Gasteiger charge is -2.05. The van der Waals surface area contributed by atoms with Gasteiger partial charge in [-0.2, -0.15) is 0 Å². The number of hydrogen-bond acceptors (Lipinski definition) is 3. The van der Waals surface area contributed by atoms with E-state index in [1.165, 1.54) is 0 Å². The third kappa shape index (κ3) is 12.9. The van der Waals surface area contributed by atoms with Gasteiger partial charge >= 0.3 is 0 Å². The molecule has 2 amide bonds. The van der Waals surface area contributed by atoms with Gasteiger partial charge in [-0.05, 0) is 25.8 Å². The van der Waals surface area contributed by atoms with E-state index in [0.717, 1.165) is 24.0 Å². The molecule has 1 unspecified atom stereocenters. The minimum Gasteiger partial charge on any atom is -0.369 e. The van der Waals surface area contributed by atoms with E-state index in [2.05, 4.69) is 11.9 Å². The van der Waals surface area contributed by atoms with Crippen molar-refractivity contribution in [3.05, 3.63) is 48.0 Å². The fourth-order valence-electron chi connectivity index (χ4n) is 1.69. The molecule has 1 aromatic rings. The van der Waals surface area contributed by atoms with Crippen LogP contribution in [0.5, 0.6) is 0 Å². The number of primary amides is 1. The Kier molecular flexibility index (Phi) is 15.9. The highest BCUT2D eigenvalue weighted by Crippen LogP contribution is 2.12. The van der Waals surface area contributed by atoms with Crippen LogP contribution in [0.3, 0.4) is 0 Å². The summed E-state index contributed by atoms with van der Waals surface area (Å²) in [5.74, 6) is -1.29. The number of rotatable bonds is 8. The zero-order valence-corrected chi connectivity index (χ0v) is 16.8. The number of unbranched alkanes of at least 4 members (excludes halogenated alkanes) is 1. The lowest BCUT2D eigenvalue weighted by atomic mass is 10.0. The van der Waals surface area contributed by atoms with E-state index >= 15 is 0 Å². The zero-order chi connectivity index (χ0) is 20.5. The Morgan fingerprint density at radius 2 is 1.69 bits per heavy atom. The molecule has 0 saturated carbocycles. The molecule has 0 aromatic heterocycles. The molecule has 1 rings (SSSR count). The second kappa shape index (κ2) is 16.1. The summed E-state index contributed by atoms with van der Waals surface area (Å²) in [6, 6.07) is 9.51. The van der Waals surface area contributed by atoms with Crippen molar-refractivity contribution in [2.45, 2.75) is 59.8 Å². The maximum Gasteiger partial charge on any atom is 0.287 e. The monoisotopic (exact) mass is 362 g/mol. The number of benzene rings is 1. The summed E-state index contributed by atoms with van der Waals surface area (Å²) in [4.78, 5) is 32.8. The molecule has 5 heteroatoms. The van der Waals surface area contributed by atoms with Crippen LogP contribution in [0.4, 0.5) is 0 Å². The van der Waals surface area contributed by atoms with Crippen molar-refractivity contribution < 1.29 is 14.4 Å². The minimum atomic E-state index is -0.489. The maximum atomic E-state index is 11.1. The van der Waals surface area contributed by atoms with Gasteiger partial charge in [-0.15, -0.1) is 0 Å². The fourth-order valence-corrected chi connectivity index (χ4v) is 1.69. The zero-order valence-electron chi connectivity index (χ0n) is 16.8. The van der Waals surface area contributed by atoms with E-state index in [9.17, 15) is 14.4 Å². The summed E-state index contributed by atoms with van der Waals surface area (Å²) in [6.45, 7) is 13.6. The lowest BCUT2D eigenvalue weighted by Crippen LogP contribution is -2.31. The Balaban J connectivity index is 0. The lowest BCUT2D eigenvalue weighted by molar-refractivity contribution is -0.137. The molecular weight excluding hydrogens is 328 g/mol. The molecule has 0 radical (unpaired) electrons. The first kappa shape index (κ1) is 25.8. The van der Waals surface area contributed by atoms with Crippen LogP contribution in [-0.4, -0.2) is 24.1 Å². The highest BCUT2D eigenvalue weighted by atomic mass is 16.2. The van der Waals surface area contributed by atoms with E-state index < -0.39 is 5.91 Å². The molecule has 1 atom stereocenters. The average molecular weight is 363 g/mol. The molecule has 1 aromatic carbocycles. The first-order chi connectivity index (χ1) is 12.3. The van der Waals surface area contributed by atoms with Crippen molar-refractivity contribution >= 4 is 17.6 Å². The van der Waals surface area contributed by atoms with Gasteiger partial charge in [0.05, 0.1) is 5.92 Å². The summed E-state index contributed by atoms with van der Waals surface area (Å²) in [6.07, 6.45) is 2.05. The van der Waals surface area contributed by atoms with Gasteiger partial charge in [-0.3, -0.25) is 14.4 Å². The normalized spacial score (nSPS) is 10.2. The van der Waals surface area contributed by atoms with Gasteiger partial charge in [0.15, 0.2) is 0 Å². The van der Waals surface area contributed by atoms with E-state index in [-0.39, 0.29) is 17.6 Å². The van der Waals surface area contributed by atoms with Crippen LogP contribution in [0.1, 0.15) is 65.4 Å². The molecule has 0 spiro atoms. The van der Waals surface area contributed by atoms with Crippen LogP contribution in [-0.2, 0) is 14.4 Å². The number of hydrogen-bond donors (Lipinski definition) is 2. The smallest absolute Gasteiger partial charge is 0.287 e. The van der Waals surface area contributed by atoms with Crippen LogP contribution >= 0.6 is 0 Å². The van der Waals surface area contributed by atoms with Gasteiger partial charge in [0.25, 0.3) is 5.91 Å². The molecule has 0 bridgehead atoms. The van der Waals surface area contributed by atoms with Crippen LogP contribution in [0.25, 0.3) is 0 Å². The predicted molar refractivity (Wildman–Crippen MR) is 108 cm³/mol. The van der Waals surface area contributed by atoms with Crippen LogP contribution in [0.2, 0.25) is 0 Å². The van der Waals surface area contributed by atoms with Gasteiger partial charge < -0.3 is 11.1 Å². The molecule has 0 fully saturated rings. The van der Waals surface area contributed by atoms with Crippen molar-refractivity contribution in [3.63, 3.8) is 0 Å². The molecule has 26 heavy (non-hydrogen) atoms. The summed E-state index contributed by atoms with van der Waals surface area (Å²) >= 11 is 0. The SMILES string of the molecule is C=C(C)CNC(=O)C(=O)CCCC.CC.CC(C(N)=O)c1ccccc1. The van der Waals surface area contributed by atoms with Crippen molar-refractivity contribution in [1.29, 1.82) is 0 Å². The quantitative estimate of drug-likeness (QED) is 0.545. The Morgan fingerprint density at radius 1 is 1.15 bits per heavy atom. The van der Waals surface area contributed by atoms with Crippen LogP contribution in [0.15, 0.2) is 42.5 Å². The Bertz CT molecular complexity index is 554. The standard InChI is InChI=1S/C10H17NO2.C9H11NO.C2H6/c1-4-5-6-9(12)10(13)11-7-8(2)3;1-7(9(10)11)8-5-3-2-4-6-8;1-2/h2,4-7H2,1,3H3,(H,11,13);2-7H,1H3,(H2,10,11);1-2H3. The Labute approximate surface area is 158 Å². The van der Waals surface area contributed by atoms with E-state index in [4.69, 9.17) is 5.73 Å². The highest BCUT2D eigenvalue weighted by molar-refractivity contribution is 6.36. The number of amides is 2. The Hall–Kier alpha value is -2.43. The van der Waals surface area contributed by atoms with Crippen molar-refractivity contribution in [1.82, 2.24) is 5.32 Å². The number of carbonyl (C=O) groups excluding carboxylic acids is 3. The molecule has 146 valence electrons. The van der Waals surface area contributed by atoms with Crippen LogP contribution < -0.4 is 11.1 Å². The highest BCUT2D eigenvalue weighted by Gasteiger charge is 2.11. The van der Waals surface area contributed by atoms with E-state index in [0.29, 0.717) is 13.0 Å². The predicted octanol–water partition coefficient (Wildman–Crippen LogP) is 3.74. The van der Waals surface area contributed by atoms with Crippen molar-refractivity contribution in [3.8, 4) is 0 Å². The summed E-state index contributed by atoms with van der Waals surface area (Å²) < 4.78 is 0. The first-order valence-corrected chi connectivity index (χ1v) is 9.09. The number of carbonyl (C=O) groups is 3. The maximum absolute atomic E-state index is 11.1. The summed E-state index contributed by atoms with van der Waals surface area (Å²) in [5.41, 5.74) is 6.95. The Morgan fingerprint density at radius 3 is 2.12 bits per heavy atom. The fraction of sp³-hybridized carbons (Fsp3) is 0.476. The van der Waals surface area contributed by atoms with E-state index in [1.54, 1.807) is 13.8 Å². The van der Waals surface area contributed by atoms with E-state index in [1.807, 2.05) is 51.1 Å². The molecule has 0 aliphatic carbocycles. The molecular formula is C21H34N2O3. The molecule has 0 heterocycles. The van der Waals surface area contributed by atoms with Gasteiger partial charge in [0, 0.05) is 13.0 Å². The van der Waals surface area contributed by atoms with Crippen LogP contribution in [0, 0.1) is 0 Å². The number of nitrogens with two attached hydrogens (primary N) is 1. The summed E-state index contributed by atoms with van der Waals surface area (Å²) in [7, 11) is 0. The molecule has 0 aliphatic rings. The average Bonchev–Trinajstić information content (AvgIpc) is 2.66. The molecule has 5 nitrogen and oxygen atoms in total. The number of nitrogens with one attached hydrogen (secondary N) is 1. The van der Waals surface area contributed by atoms with Crippen molar-refractivity contribution in [2.24, 2.45) is 5.73 Å². The summed E-state index contributed by atoms with van der Waals surface area (Å²) in [5, 5.41) is 2.50. The third-order valence-corrected chi connectivity index (χ3v) is 3.29. The molecule has 0 aliphatic heterocycles. The van der Waals surface area contributed by atoms with Gasteiger partial charge in [-0.25, -0.2) is 0 Å². The van der Waals surface area contributed by atoms with Crippen molar-refractivity contribution in [2.75, 3.05) is 6.54 Å². The van der Waals surface area contributed by atoms with Gasteiger partial charge in [0.2, 0.25) is 11.7 Å². The third-order valence-electron chi connectivity index (χ3n) is 3.29. The van der Waals surface area contributed by atoms with Gasteiger partial charge in [0.1, 0.15) is 0 Å². The number of Topliss-reactive ketones (excluding diaryl/α,β-unsaturated/α-hetero) is 1. The first-order valence-electron chi connectivity index (χ1n) is 9.09. The topological polar surface area (TPSA) is 89.3 Å². The molecule has 3 N–H and O–H groups in total. The minimum absolute atomic E-state index is 0.184. The second-order valence-electron chi connectivity index (χ2n) is 5.70. The number of ketones is 1. The van der Waals surface area contributed by atoms with Gasteiger partial charge in [-0.1, -0.05) is 69.7 Å². The second-order valence-corrected chi connectivity index (χ2v) is 5.70. The molecule has 0 saturated heterocycles.